The molecule has 1 N–H and O–H groups in total. The summed E-state index contributed by atoms with van der Waals surface area (Å²) in [5.41, 5.74) is 1.04. The van der Waals surface area contributed by atoms with Crippen LogP contribution in [0.3, 0.4) is 0 Å². The number of benzene rings is 1. The van der Waals surface area contributed by atoms with Crippen LogP contribution in [-0.4, -0.2) is 37.4 Å². The number of ether oxygens (including phenoxy) is 1. The normalized spacial score (nSPS) is 29.6. The molecule has 1 aromatic rings. The number of nitrogens with zero attached hydrogens (tertiary/aromatic N) is 1. The summed E-state index contributed by atoms with van der Waals surface area (Å²) in [5, 5.41) is 3.48. The number of hydrogen-bond donors (Lipinski definition) is 1. The smallest absolute Gasteiger partial charge is 0.242 e. The molecule has 0 radical (unpaired) electrons. The largest absolute Gasteiger partial charge is 0.496 e. The molecule has 0 unspecified atom stereocenters. The van der Waals surface area contributed by atoms with Gasteiger partial charge in [-0.1, -0.05) is 11.6 Å². The highest BCUT2D eigenvalue weighted by Gasteiger charge is 2.51. The van der Waals surface area contributed by atoms with Crippen LogP contribution in [0.15, 0.2) is 18.2 Å². The molecule has 4 aliphatic carbocycles. The Labute approximate surface area is 178 Å². The standard InChI is InChI=1S/C23H31ClN2O3/c1-26(14-18-8-19(24)3-4-20(18)29-2)22(28)13-25-21(27)12-23-9-15-5-16(10-23)7-17(6-15)11-23/h3-4,8,15-17H,5-7,9-14H2,1-2H3,(H,25,27). The topological polar surface area (TPSA) is 58.6 Å². The number of nitrogens with one attached hydrogen (secondary N) is 1. The van der Waals surface area contributed by atoms with Gasteiger partial charge in [-0.25, -0.2) is 0 Å². The van der Waals surface area contributed by atoms with Crippen molar-refractivity contribution in [2.45, 2.75) is 51.5 Å². The van der Waals surface area contributed by atoms with E-state index in [0.29, 0.717) is 23.7 Å². The average Bonchev–Trinajstić information content (AvgIpc) is 2.64. The first-order chi connectivity index (χ1) is 13.9. The van der Waals surface area contributed by atoms with Gasteiger partial charge in [0, 0.05) is 30.6 Å². The van der Waals surface area contributed by atoms with E-state index < -0.39 is 0 Å². The lowest BCUT2D eigenvalue weighted by atomic mass is 9.49. The Bertz CT molecular complexity index is 759. The minimum absolute atomic E-state index is 0.0223. The van der Waals surface area contributed by atoms with Crippen molar-refractivity contribution in [3.05, 3.63) is 28.8 Å². The number of hydrogen-bond acceptors (Lipinski definition) is 3. The van der Waals surface area contributed by atoms with E-state index in [1.807, 2.05) is 0 Å². The number of halogens is 1. The van der Waals surface area contributed by atoms with Crippen LogP contribution >= 0.6 is 11.6 Å². The molecule has 0 atom stereocenters. The Morgan fingerprint density at radius 1 is 1.17 bits per heavy atom. The summed E-state index contributed by atoms with van der Waals surface area (Å²) >= 11 is 6.07. The summed E-state index contributed by atoms with van der Waals surface area (Å²) in [6.45, 7) is 0.415. The van der Waals surface area contributed by atoms with E-state index in [-0.39, 0.29) is 23.8 Å². The SMILES string of the molecule is COc1ccc(Cl)cc1CN(C)C(=O)CNC(=O)CC12CC3CC(CC(C3)C1)C2. The van der Waals surface area contributed by atoms with Gasteiger partial charge in [-0.3, -0.25) is 9.59 Å². The zero-order valence-electron chi connectivity index (χ0n) is 17.4. The lowest BCUT2D eigenvalue weighted by Gasteiger charge is -2.56. The third kappa shape index (κ3) is 4.55. The summed E-state index contributed by atoms with van der Waals surface area (Å²) in [6, 6.07) is 5.36. The van der Waals surface area contributed by atoms with Crippen LogP contribution < -0.4 is 10.1 Å². The molecular weight excluding hydrogens is 388 g/mol. The molecule has 5 nitrogen and oxygen atoms in total. The van der Waals surface area contributed by atoms with E-state index >= 15 is 0 Å². The summed E-state index contributed by atoms with van der Waals surface area (Å²) in [6.07, 6.45) is 8.31. The van der Waals surface area contributed by atoms with Gasteiger partial charge in [-0.15, -0.1) is 0 Å². The first-order valence-corrected chi connectivity index (χ1v) is 11.1. The number of rotatable bonds is 7. The highest BCUT2D eigenvalue weighted by molar-refractivity contribution is 6.30. The second-order valence-corrected chi connectivity index (χ2v) is 10.0. The third-order valence-electron chi connectivity index (χ3n) is 7.21. The molecule has 4 fully saturated rings. The Morgan fingerprint density at radius 2 is 1.79 bits per heavy atom. The van der Waals surface area contributed by atoms with E-state index in [4.69, 9.17) is 16.3 Å². The van der Waals surface area contributed by atoms with Crippen molar-refractivity contribution in [1.29, 1.82) is 0 Å². The minimum atomic E-state index is -0.120. The highest BCUT2D eigenvalue weighted by atomic mass is 35.5. The lowest BCUT2D eigenvalue weighted by molar-refractivity contribution is -0.135. The van der Waals surface area contributed by atoms with Gasteiger partial charge in [0.05, 0.1) is 13.7 Å². The van der Waals surface area contributed by atoms with E-state index in [1.165, 1.54) is 38.5 Å². The van der Waals surface area contributed by atoms with Crippen LogP contribution in [0, 0.1) is 23.2 Å². The first-order valence-electron chi connectivity index (χ1n) is 10.7. The van der Waals surface area contributed by atoms with Crippen LogP contribution in [0.1, 0.15) is 50.5 Å². The Balaban J connectivity index is 1.28. The van der Waals surface area contributed by atoms with Gasteiger partial charge in [0.15, 0.2) is 0 Å². The maximum absolute atomic E-state index is 12.6. The van der Waals surface area contributed by atoms with E-state index in [0.717, 1.165) is 23.3 Å². The van der Waals surface area contributed by atoms with Crippen molar-refractivity contribution in [3.8, 4) is 5.75 Å². The summed E-state index contributed by atoms with van der Waals surface area (Å²) < 4.78 is 5.35. The van der Waals surface area contributed by atoms with Gasteiger partial charge < -0.3 is 15.0 Å². The molecule has 0 aliphatic heterocycles. The molecule has 6 heteroatoms. The molecule has 4 aliphatic rings. The molecule has 158 valence electrons. The van der Waals surface area contributed by atoms with Crippen molar-refractivity contribution < 1.29 is 14.3 Å². The zero-order valence-corrected chi connectivity index (χ0v) is 18.1. The molecule has 1 aromatic carbocycles. The molecule has 0 spiro atoms. The van der Waals surface area contributed by atoms with Crippen molar-refractivity contribution in [2.75, 3.05) is 20.7 Å². The molecular formula is C23H31ClN2O3. The fraction of sp³-hybridized carbons (Fsp3) is 0.652. The summed E-state index contributed by atoms with van der Waals surface area (Å²) in [7, 11) is 3.33. The molecule has 0 aromatic heterocycles. The Kier molecular flexibility index (Phi) is 5.78. The van der Waals surface area contributed by atoms with Crippen LogP contribution in [0.2, 0.25) is 5.02 Å². The maximum Gasteiger partial charge on any atom is 0.242 e. The number of likely N-dealkylation sites (N-methyl/N-ethyl adjacent to an activating group) is 1. The van der Waals surface area contributed by atoms with Crippen LogP contribution in [0.25, 0.3) is 0 Å². The second kappa shape index (κ2) is 8.17. The van der Waals surface area contributed by atoms with Crippen LogP contribution in [0.4, 0.5) is 0 Å². The average molecular weight is 419 g/mol. The van der Waals surface area contributed by atoms with Crippen molar-refractivity contribution >= 4 is 23.4 Å². The van der Waals surface area contributed by atoms with Gasteiger partial charge >= 0.3 is 0 Å². The lowest BCUT2D eigenvalue weighted by Crippen LogP contribution is -2.48. The molecule has 29 heavy (non-hydrogen) atoms. The number of carbonyl (C=O) groups is 2. The van der Waals surface area contributed by atoms with E-state index in [2.05, 4.69) is 5.32 Å². The molecule has 4 saturated carbocycles. The molecule has 5 rings (SSSR count). The quantitative estimate of drug-likeness (QED) is 0.727. The fourth-order valence-corrected chi connectivity index (χ4v) is 6.63. The predicted octanol–water partition coefficient (Wildman–Crippen LogP) is 4.03. The maximum atomic E-state index is 12.6. The monoisotopic (exact) mass is 418 g/mol. The van der Waals surface area contributed by atoms with Gasteiger partial charge in [-0.05, 0) is 79.9 Å². The van der Waals surface area contributed by atoms with Gasteiger partial charge in [-0.2, -0.15) is 0 Å². The van der Waals surface area contributed by atoms with E-state index in [9.17, 15) is 9.59 Å². The van der Waals surface area contributed by atoms with Gasteiger partial charge in [0.1, 0.15) is 5.75 Å². The van der Waals surface area contributed by atoms with Gasteiger partial charge in [0.2, 0.25) is 11.8 Å². The number of carbonyl (C=O) groups excluding carboxylic acids is 2. The van der Waals surface area contributed by atoms with Crippen molar-refractivity contribution in [1.82, 2.24) is 10.2 Å². The minimum Gasteiger partial charge on any atom is -0.496 e. The Morgan fingerprint density at radius 3 is 2.38 bits per heavy atom. The second-order valence-electron chi connectivity index (χ2n) is 9.58. The van der Waals surface area contributed by atoms with Crippen molar-refractivity contribution in [3.63, 3.8) is 0 Å². The molecule has 2 amide bonds. The first kappa shape index (κ1) is 20.5. The number of methoxy groups -OCH3 is 1. The molecule has 0 saturated heterocycles. The van der Waals surface area contributed by atoms with Crippen LogP contribution in [0.5, 0.6) is 5.75 Å². The predicted molar refractivity (Wildman–Crippen MR) is 113 cm³/mol. The Hall–Kier alpha value is -1.75. The summed E-state index contributed by atoms with van der Waals surface area (Å²) in [4.78, 5) is 26.8. The molecule has 4 bridgehead atoms. The summed E-state index contributed by atoms with van der Waals surface area (Å²) in [5.74, 6) is 3.08. The zero-order chi connectivity index (χ0) is 20.6. The fourth-order valence-electron chi connectivity index (χ4n) is 6.43. The van der Waals surface area contributed by atoms with Crippen LogP contribution in [-0.2, 0) is 16.1 Å². The van der Waals surface area contributed by atoms with Gasteiger partial charge in [0.25, 0.3) is 0 Å². The van der Waals surface area contributed by atoms with E-state index in [1.54, 1.807) is 37.3 Å². The highest BCUT2D eigenvalue weighted by Crippen LogP contribution is 2.61. The number of amides is 2. The van der Waals surface area contributed by atoms with Crippen molar-refractivity contribution in [2.24, 2.45) is 23.2 Å². The third-order valence-corrected chi connectivity index (χ3v) is 7.45. The molecule has 0 heterocycles.